The van der Waals surface area contributed by atoms with Crippen LogP contribution in [0.5, 0.6) is 5.75 Å². The number of rotatable bonds is 5. The standard InChI is InChI=1S/C20H16F3N5O/c1-29-15-8-7-14(16(11-15)20(21,22)23)12-24-17-9-10-18-25-26-19(28(18)27-17)13-5-3-2-4-6-13/h2-11H,12H2,1H3,(H,24,27). The molecule has 0 aliphatic carbocycles. The van der Waals surface area contributed by atoms with Crippen LogP contribution in [0.15, 0.2) is 60.7 Å². The number of hydrogen-bond donors (Lipinski definition) is 1. The van der Waals surface area contributed by atoms with Crippen molar-refractivity contribution in [3.05, 3.63) is 71.8 Å². The minimum atomic E-state index is -4.49. The van der Waals surface area contributed by atoms with Gasteiger partial charge >= 0.3 is 6.18 Å². The zero-order valence-corrected chi connectivity index (χ0v) is 15.3. The highest BCUT2D eigenvalue weighted by atomic mass is 19.4. The van der Waals surface area contributed by atoms with Gasteiger partial charge in [-0.25, -0.2) is 0 Å². The zero-order chi connectivity index (χ0) is 20.4. The zero-order valence-electron chi connectivity index (χ0n) is 15.3. The molecule has 6 nitrogen and oxygen atoms in total. The van der Waals surface area contributed by atoms with Gasteiger partial charge in [-0.2, -0.15) is 17.7 Å². The Morgan fingerprint density at radius 1 is 1.00 bits per heavy atom. The highest BCUT2D eigenvalue weighted by molar-refractivity contribution is 5.59. The second kappa shape index (κ2) is 7.42. The Morgan fingerprint density at radius 3 is 2.52 bits per heavy atom. The number of aromatic nitrogens is 4. The average molecular weight is 399 g/mol. The van der Waals surface area contributed by atoms with Gasteiger partial charge in [-0.15, -0.1) is 15.3 Å². The van der Waals surface area contributed by atoms with Gasteiger partial charge in [-0.05, 0) is 29.8 Å². The lowest BCUT2D eigenvalue weighted by atomic mass is 10.1. The number of nitrogens with one attached hydrogen (secondary N) is 1. The summed E-state index contributed by atoms with van der Waals surface area (Å²) in [7, 11) is 1.33. The lowest BCUT2D eigenvalue weighted by molar-refractivity contribution is -0.138. The molecule has 0 unspecified atom stereocenters. The van der Waals surface area contributed by atoms with Crippen LogP contribution in [0, 0.1) is 0 Å². The van der Waals surface area contributed by atoms with Crippen molar-refractivity contribution in [2.45, 2.75) is 12.7 Å². The summed E-state index contributed by atoms with van der Waals surface area (Å²) in [5, 5.41) is 15.6. The molecule has 4 aromatic rings. The number of alkyl halides is 3. The number of methoxy groups -OCH3 is 1. The van der Waals surface area contributed by atoms with Crippen LogP contribution in [0.3, 0.4) is 0 Å². The van der Waals surface area contributed by atoms with E-state index in [2.05, 4.69) is 20.6 Å². The second-order valence-electron chi connectivity index (χ2n) is 6.25. The Bertz CT molecular complexity index is 1140. The molecule has 0 atom stereocenters. The number of hydrogen-bond acceptors (Lipinski definition) is 5. The SMILES string of the molecule is COc1ccc(CNc2ccc3nnc(-c4ccccc4)n3n2)c(C(F)(F)F)c1. The Kier molecular flexibility index (Phi) is 4.79. The van der Waals surface area contributed by atoms with Gasteiger partial charge in [0, 0.05) is 12.1 Å². The summed E-state index contributed by atoms with van der Waals surface area (Å²) < 4.78 is 46.6. The van der Waals surface area contributed by atoms with Gasteiger partial charge in [0.15, 0.2) is 11.5 Å². The van der Waals surface area contributed by atoms with Crippen molar-refractivity contribution in [1.29, 1.82) is 0 Å². The van der Waals surface area contributed by atoms with Crippen LogP contribution < -0.4 is 10.1 Å². The van der Waals surface area contributed by atoms with E-state index >= 15 is 0 Å². The van der Waals surface area contributed by atoms with Crippen molar-refractivity contribution in [3.63, 3.8) is 0 Å². The summed E-state index contributed by atoms with van der Waals surface area (Å²) in [5.74, 6) is 1.10. The molecule has 9 heteroatoms. The number of benzene rings is 2. The van der Waals surface area contributed by atoms with Crippen LogP contribution >= 0.6 is 0 Å². The predicted octanol–water partition coefficient (Wildman–Crippen LogP) is 4.43. The van der Waals surface area contributed by atoms with Crippen LogP contribution in [0.2, 0.25) is 0 Å². The summed E-state index contributed by atoms with van der Waals surface area (Å²) in [6.45, 7) is -0.0554. The minimum absolute atomic E-state index is 0.0554. The van der Waals surface area contributed by atoms with Crippen LogP contribution in [0.1, 0.15) is 11.1 Å². The molecule has 0 radical (unpaired) electrons. The van der Waals surface area contributed by atoms with E-state index in [0.29, 0.717) is 17.3 Å². The molecule has 0 saturated heterocycles. The van der Waals surface area contributed by atoms with Gasteiger partial charge in [0.05, 0.1) is 12.7 Å². The topological polar surface area (TPSA) is 64.3 Å². The van der Waals surface area contributed by atoms with Crippen molar-refractivity contribution in [3.8, 4) is 17.1 Å². The normalized spacial score (nSPS) is 11.6. The van der Waals surface area contributed by atoms with Gasteiger partial charge in [0.2, 0.25) is 0 Å². The van der Waals surface area contributed by atoms with E-state index in [-0.39, 0.29) is 17.9 Å². The number of anilines is 1. The smallest absolute Gasteiger partial charge is 0.416 e. The molecule has 4 rings (SSSR count). The molecule has 0 bridgehead atoms. The first-order chi connectivity index (χ1) is 14.0. The van der Waals surface area contributed by atoms with E-state index in [9.17, 15) is 13.2 Å². The first kappa shape index (κ1) is 18.7. The first-order valence-corrected chi connectivity index (χ1v) is 8.71. The Hall–Kier alpha value is -3.62. The van der Waals surface area contributed by atoms with E-state index in [0.717, 1.165) is 11.6 Å². The van der Waals surface area contributed by atoms with Crippen molar-refractivity contribution >= 4 is 11.5 Å². The van der Waals surface area contributed by atoms with E-state index in [1.165, 1.54) is 19.2 Å². The Labute approximate surface area is 164 Å². The molecule has 0 aliphatic heterocycles. The summed E-state index contributed by atoms with van der Waals surface area (Å²) >= 11 is 0. The lowest BCUT2D eigenvalue weighted by Crippen LogP contribution is -2.13. The van der Waals surface area contributed by atoms with Gasteiger partial charge in [-0.1, -0.05) is 36.4 Å². The summed E-state index contributed by atoms with van der Waals surface area (Å²) in [4.78, 5) is 0. The summed E-state index contributed by atoms with van der Waals surface area (Å²) in [6, 6.07) is 16.6. The van der Waals surface area contributed by atoms with Crippen molar-refractivity contribution in [2.75, 3.05) is 12.4 Å². The molecule has 0 fully saturated rings. The fourth-order valence-electron chi connectivity index (χ4n) is 2.94. The quantitative estimate of drug-likeness (QED) is 0.538. The van der Waals surface area contributed by atoms with Crippen LogP contribution in [0.4, 0.5) is 19.0 Å². The van der Waals surface area contributed by atoms with Gasteiger partial charge < -0.3 is 10.1 Å². The van der Waals surface area contributed by atoms with Crippen LogP contribution in [-0.4, -0.2) is 26.9 Å². The predicted molar refractivity (Wildman–Crippen MR) is 102 cm³/mol. The molecule has 2 aromatic heterocycles. The maximum absolute atomic E-state index is 13.4. The molecular formula is C20H16F3N5O. The summed E-state index contributed by atoms with van der Waals surface area (Å²) in [5.41, 5.74) is 0.709. The molecule has 0 aliphatic rings. The summed E-state index contributed by atoms with van der Waals surface area (Å²) in [6.07, 6.45) is -4.49. The number of fused-ring (bicyclic) bond motifs is 1. The largest absolute Gasteiger partial charge is 0.497 e. The van der Waals surface area contributed by atoms with E-state index in [4.69, 9.17) is 4.74 Å². The Morgan fingerprint density at radius 2 is 1.79 bits per heavy atom. The van der Waals surface area contributed by atoms with Crippen molar-refractivity contribution in [2.24, 2.45) is 0 Å². The molecule has 0 amide bonds. The van der Waals surface area contributed by atoms with E-state index in [1.54, 1.807) is 16.6 Å². The number of halogens is 3. The highest BCUT2D eigenvalue weighted by Gasteiger charge is 2.33. The molecule has 2 aromatic carbocycles. The van der Waals surface area contributed by atoms with Gasteiger partial charge in [-0.3, -0.25) is 0 Å². The maximum Gasteiger partial charge on any atom is 0.416 e. The van der Waals surface area contributed by atoms with Gasteiger partial charge in [0.25, 0.3) is 0 Å². The van der Waals surface area contributed by atoms with Crippen molar-refractivity contribution in [1.82, 2.24) is 19.8 Å². The number of ether oxygens (including phenoxy) is 1. The fraction of sp³-hybridized carbons (Fsp3) is 0.150. The molecule has 148 valence electrons. The van der Waals surface area contributed by atoms with E-state index < -0.39 is 11.7 Å². The third-order valence-electron chi connectivity index (χ3n) is 4.38. The molecule has 2 heterocycles. The van der Waals surface area contributed by atoms with Crippen LogP contribution in [0.25, 0.3) is 17.0 Å². The van der Waals surface area contributed by atoms with Crippen molar-refractivity contribution < 1.29 is 17.9 Å². The molecular weight excluding hydrogens is 383 g/mol. The lowest BCUT2D eigenvalue weighted by Gasteiger charge is -2.15. The van der Waals surface area contributed by atoms with Gasteiger partial charge in [0.1, 0.15) is 11.6 Å². The third kappa shape index (κ3) is 3.84. The third-order valence-corrected chi connectivity index (χ3v) is 4.38. The first-order valence-electron chi connectivity index (χ1n) is 8.71. The van der Waals surface area contributed by atoms with E-state index in [1.807, 2.05) is 30.3 Å². The molecule has 1 N–H and O–H groups in total. The maximum atomic E-state index is 13.4. The molecule has 0 saturated carbocycles. The average Bonchev–Trinajstić information content (AvgIpc) is 3.15. The monoisotopic (exact) mass is 399 g/mol. The molecule has 0 spiro atoms. The Balaban J connectivity index is 1.63. The molecule has 29 heavy (non-hydrogen) atoms. The number of nitrogens with zero attached hydrogens (tertiary/aromatic N) is 4. The second-order valence-corrected chi connectivity index (χ2v) is 6.25. The fourth-order valence-corrected chi connectivity index (χ4v) is 2.94. The van der Waals surface area contributed by atoms with Crippen LogP contribution in [-0.2, 0) is 12.7 Å². The minimum Gasteiger partial charge on any atom is -0.497 e. The highest BCUT2D eigenvalue weighted by Crippen LogP contribution is 2.34.